The zero-order valence-electron chi connectivity index (χ0n) is 39.6. The van der Waals surface area contributed by atoms with Crippen LogP contribution in [0.4, 0.5) is 17.2 Å². The van der Waals surface area contributed by atoms with Gasteiger partial charge in [0.25, 0.3) is 0 Å². The van der Waals surface area contributed by atoms with Gasteiger partial charge < -0.3 is 9.47 Å². The molecule has 0 saturated heterocycles. The van der Waals surface area contributed by atoms with Crippen molar-refractivity contribution in [2.24, 2.45) is 10.4 Å². The molecule has 0 unspecified atom stereocenters. The van der Waals surface area contributed by atoms with Gasteiger partial charge >= 0.3 is 0 Å². The number of nitrogens with zero attached hydrogens (tertiary/aromatic N) is 3. The van der Waals surface area contributed by atoms with Crippen molar-refractivity contribution in [2.45, 2.75) is 132 Å². The van der Waals surface area contributed by atoms with Crippen molar-refractivity contribution in [1.29, 1.82) is 0 Å². The molecule has 0 saturated carbocycles. The normalized spacial score (nSPS) is 19.9. The Labute approximate surface area is 370 Å². The average molecular weight is 822 g/mol. The van der Waals surface area contributed by atoms with Crippen molar-refractivity contribution in [1.82, 2.24) is 4.98 Å². The molecule has 3 aliphatic rings. The van der Waals surface area contributed by atoms with Crippen molar-refractivity contribution < 1.29 is 9.47 Å². The molecular formula is C57H63N3O2. The maximum absolute atomic E-state index is 7.43. The number of ether oxygens (including phenoxy) is 2. The number of hydrogen-bond donors (Lipinski definition) is 0. The first-order valence-corrected chi connectivity index (χ1v) is 22.3. The summed E-state index contributed by atoms with van der Waals surface area (Å²) in [6, 6.07) is 33.6. The Balaban J connectivity index is 1.18. The smallest absolute Gasteiger partial charge is 0.217 e. The molecule has 2 atom stereocenters. The molecule has 1 aromatic heterocycles. The van der Waals surface area contributed by atoms with Crippen molar-refractivity contribution in [2.75, 3.05) is 4.90 Å². The SMILES string of the molecule is Cc1cc(Oc2cc(C3=N[C@]4(C)Cc5cc(C)c(C)cc5[C@]4(C(C)(C)C)O3)cc(-c3c(C)cc(C)cc3C)c2)cc(N2c3ccc(C(C)(C)C)cc3C(C)(C)c3cccnc32)c1. The predicted molar refractivity (Wildman–Crippen MR) is 257 cm³/mol. The van der Waals surface area contributed by atoms with Gasteiger partial charge in [-0.15, -0.1) is 0 Å². The second-order valence-electron chi connectivity index (χ2n) is 21.4. The first-order valence-electron chi connectivity index (χ1n) is 22.3. The van der Waals surface area contributed by atoms with Gasteiger partial charge in [0, 0.05) is 46.2 Å². The molecule has 1 aliphatic carbocycles. The summed E-state index contributed by atoms with van der Waals surface area (Å²) in [6.45, 7) is 33.8. The molecule has 0 radical (unpaired) electrons. The fraction of sp³-hybridized carbons (Fsp3) is 0.368. The standard InChI is InChI=1S/C57H63N3O2/c1-33-21-37(5)50(38(6)22-33)39-27-40(52-59-56(15)32-41-25-35(3)36(4)26-47(41)57(56,62-52)54(10,11)12)29-45(28-39)61-44-24-34(2)23-43(31-44)60-49-19-18-42(53(7,8)9)30-48(49)55(13,14)46-17-16-20-58-51(46)60/h16-31H,32H2,1-15H3/t56-,57-/m1/s1. The highest BCUT2D eigenvalue weighted by molar-refractivity contribution is 5.99. The van der Waals surface area contributed by atoms with E-state index >= 15 is 0 Å². The highest BCUT2D eigenvalue weighted by atomic mass is 16.5. The molecule has 0 fully saturated rings. The summed E-state index contributed by atoms with van der Waals surface area (Å²) in [5.41, 5.74) is 17.5. The van der Waals surface area contributed by atoms with Crippen molar-refractivity contribution in [3.63, 3.8) is 0 Å². The second-order valence-corrected chi connectivity index (χ2v) is 21.4. The van der Waals surface area contributed by atoms with Crippen LogP contribution in [0.2, 0.25) is 0 Å². The minimum atomic E-state index is -0.640. The minimum absolute atomic E-state index is 0.0140. The van der Waals surface area contributed by atoms with E-state index in [1.165, 1.54) is 61.2 Å². The molecule has 5 aromatic carbocycles. The number of hydrogen-bond acceptors (Lipinski definition) is 5. The monoisotopic (exact) mass is 821 g/mol. The van der Waals surface area contributed by atoms with Crippen molar-refractivity contribution in [3.8, 4) is 22.6 Å². The van der Waals surface area contributed by atoms with Gasteiger partial charge in [0.05, 0.1) is 11.4 Å². The number of aromatic nitrogens is 1. The molecular weight excluding hydrogens is 759 g/mol. The zero-order chi connectivity index (χ0) is 44.5. The van der Waals surface area contributed by atoms with Crippen LogP contribution < -0.4 is 9.64 Å². The number of rotatable bonds is 5. The molecule has 6 aromatic rings. The lowest BCUT2D eigenvalue weighted by Crippen LogP contribution is -2.52. The summed E-state index contributed by atoms with van der Waals surface area (Å²) in [7, 11) is 0. The van der Waals surface area contributed by atoms with Crippen LogP contribution in [0.5, 0.6) is 11.5 Å². The molecule has 62 heavy (non-hydrogen) atoms. The van der Waals surface area contributed by atoms with Crippen LogP contribution in [-0.2, 0) is 27.6 Å². The fourth-order valence-corrected chi connectivity index (χ4v) is 11.2. The molecule has 0 spiro atoms. The Morgan fingerprint density at radius 3 is 2.00 bits per heavy atom. The first-order chi connectivity index (χ1) is 29.0. The van der Waals surface area contributed by atoms with E-state index in [4.69, 9.17) is 19.5 Å². The third-order valence-corrected chi connectivity index (χ3v) is 14.1. The van der Waals surface area contributed by atoms with E-state index < -0.39 is 11.1 Å². The van der Waals surface area contributed by atoms with Crippen LogP contribution in [-0.4, -0.2) is 16.4 Å². The summed E-state index contributed by atoms with van der Waals surface area (Å²) in [4.78, 5) is 13.0. The number of benzene rings is 5. The lowest BCUT2D eigenvalue weighted by atomic mass is 9.65. The molecule has 318 valence electrons. The fourth-order valence-electron chi connectivity index (χ4n) is 11.2. The summed E-state index contributed by atoms with van der Waals surface area (Å²) >= 11 is 0. The van der Waals surface area contributed by atoms with Crippen LogP contribution >= 0.6 is 0 Å². The highest BCUT2D eigenvalue weighted by Gasteiger charge is 2.67. The second kappa shape index (κ2) is 13.9. The van der Waals surface area contributed by atoms with Gasteiger partial charge in [-0.2, -0.15) is 0 Å². The van der Waals surface area contributed by atoms with E-state index in [1.807, 2.05) is 6.20 Å². The van der Waals surface area contributed by atoms with E-state index in [2.05, 4.69) is 200 Å². The molecule has 3 heterocycles. The molecule has 5 nitrogen and oxygen atoms in total. The zero-order valence-corrected chi connectivity index (χ0v) is 39.6. The summed E-state index contributed by atoms with van der Waals surface area (Å²) in [6.07, 6.45) is 2.72. The maximum Gasteiger partial charge on any atom is 0.217 e. The summed E-state index contributed by atoms with van der Waals surface area (Å²) < 4.78 is 14.5. The van der Waals surface area contributed by atoms with Crippen molar-refractivity contribution >= 4 is 23.1 Å². The van der Waals surface area contributed by atoms with Gasteiger partial charge in [0.1, 0.15) is 22.9 Å². The molecule has 0 amide bonds. The van der Waals surface area contributed by atoms with Crippen molar-refractivity contribution in [3.05, 3.63) is 164 Å². The quantitative estimate of drug-likeness (QED) is 0.174. The Morgan fingerprint density at radius 1 is 0.645 bits per heavy atom. The van der Waals surface area contributed by atoms with Gasteiger partial charge in [0.15, 0.2) is 5.60 Å². The van der Waals surface area contributed by atoms with Crippen LogP contribution in [0.25, 0.3) is 11.1 Å². The van der Waals surface area contributed by atoms with Gasteiger partial charge in [-0.1, -0.05) is 103 Å². The summed E-state index contributed by atoms with van der Waals surface area (Å²) in [5, 5.41) is 0. The Hall–Kier alpha value is -5.68. The van der Waals surface area contributed by atoms with Crippen LogP contribution in [0.15, 0.2) is 102 Å². The van der Waals surface area contributed by atoms with E-state index in [-0.39, 0.29) is 16.2 Å². The van der Waals surface area contributed by atoms with E-state index in [9.17, 15) is 0 Å². The molecule has 0 N–H and O–H groups in total. The molecule has 9 rings (SSSR count). The third kappa shape index (κ3) is 6.40. The first kappa shape index (κ1) is 41.7. The van der Waals surface area contributed by atoms with Crippen LogP contribution in [0, 0.1) is 47.0 Å². The highest BCUT2D eigenvalue weighted by Crippen LogP contribution is 2.62. The van der Waals surface area contributed by atoms with Gasteiger partial charge in [-0.05, 0) is 152 Å². The Bertz CT molecular complexity index is 2840. The molecule has 2 aliphatic heterocycles. The molecule has 0 bridgehead atoms. The van der Waals surface area contributed by atoms with E-state index in [0.717, 1.165) is 51.8 Å². The molecule has 5 heteroatoms. The van der Waals surface area contributed by atoms with Crippen LogP contribution in [0.3, 0.4) is 0 Å². The lowest BCUT2D eigenvalue weighted by molar-refractivity contribution is -0.0724. The Morgan fingerprint density at radius 2 is 1.31 bits per heavy atom. The van der Waals surface area contributed by atoms with Gasteiger partial charge in [-0.25, -0.2) is 9.98 Å². The number of aryl methyl sites for hydroxylation is 6. The van der Waals surface area contributed by atoms with Gasteiger partial charge in [-0.3, -0.25) is 4.90 Å². The largest absolute Gasteiger partial charge is 0.463 e. The third-order valence-electron chi connectivity index (χ3n) is 14.1. The number of fused-ring (bicyclic) bond motifs is 5. The summed E-state index contributed by atoms with van der Waals surface area (Å²) in [5.74, 6) is 3.08. The maximum atomic E-state index is 7.43. The number of aliphatic imine (C=N–C) groups is 1. The number of anilines is 3. The van der Waals surface area contributed by atoms with Gasteiger partial charge in [0.2, 0.25) is 5.90 Å². The van der Waals surface area contributed by atoms with E-state index in [1.54, 1.807) is 0 Å². The number of pyridine rings is 1. The minimum Gasteiger partial charge on any atom is -0.463 e. The Kier molecular flexibility index (Phi) is 9.35. The predicted octanol–water partition coefficient (Wildman–Crippen LogP) is 14.8. The lowest BCUT2D eigenvalue weighted by Gasteiger charge is -2.46. The van der Waals surface area contributed by atoms with Crippen LogP contribution in [0.1, 0.15) is 129 Å². The average Bonchev–Trinajstić information content (AvgIpc) is 3.61. The van der Waals surface area contributed by atoms with E-state index in [0.29, 0.717) is 5.90 Å². The topological polar surface area (TPSA) is 47.0 Å².